The Bertz CT molecular complexity index is 469. The van der Waals surface area contributed by atoms with Gasteiger partial charge >= 0.3 is 0 Å². The molecule has 0 aliphatic carbocycles. The predicted octanol–water partition coefficient (Wildman–Crippen LogP) is 2.90. The first-order valence-corrected chi connectivity index (χ1v) is 8.04. The molecule has 2 atom stereocenters. The Morgan fingerprint density at radius 1 is 1.43 bits per heavy atom. The first kappa shape index (κ1) is 16.7. The van der Waals surface area contributed by atoms with Crippen molar-refractivity contribution in [3.63, 3.8) is 0 Å². The molecule has 2 N–H and O–H groups in total. The second-order valence-corrected chi connectivity index (χ2v) is 6.25. The topological polar surface area (TPSA) is 32.5 Å². The largest absolute Gasteiger partial charge is 0.329 e. The summed E-state index contributed by atoms with van der Waals surface area (Å²) in [6.07, 6.45) is 2.20. The molecule has 0 spiro atoms. The number of hydrogen-bond acceptors (Lipinski definition) is 3. The highest BCUT2D eigenvalue weighted by atomic mass is 35.5. The van der Waals surface area contributed by atoms with Crippen molar-refractivity contribution in [2.24, 2.45) is 5.73 Å². The first-order chi connectivity index (χ1) is 10.1. The van der Waals surface area contributed by atoms with Crippen LogP contribution in [-0.4, -0.2) is 49.1 Å². The van der Waals surface area contributed by atoms with Crippen molar-refractivity contribution < 1.29 is 4.39 Å². The van der Waals surface area contributed by atoms with E-state index in [9.17, 15) is 4.39 Å². The molecular weight excluding hydrogens is 289 g/mol. The average molecular weight is 314 g/mol. The van der Waals surface area contributed by atoms with E-state index in [0.29, 0.717) is 12.6 Å². The van der Waals surface area contributed by atoms with Gasteiger partial charge in [-0.2, -0.15) is 0 Å². The number of rotatable bonds is 4. The minimum atomic E-state index is -0.376. The van der Waals surface area contributed by atoms with Crippen LogP contribution in [0, 0.1) is 5.82 Å². The SMILES string of the molecule is CCC1CN(C)CCCN1C(CN)c1ccc(F)c(Cl)c1. The number of nitrogens with two attached hydrogens (primary N) is 1. The standard InChI is InChI=1S/C16H25ClFN3/c1-3-13-11-20(2)7-4-8-21(13)16(10-19)12-5-6-15(18)14(17)9-12/h5-6,9,13,16H,3-4,7-8,10-11,19H2,1-2H3. The maximum Gasteiger partial charge on any atom is 0.141 e. The van der Waals surface area contributed by atoms with Crippen LogP contribution in [0.15, 0.2) is 18.2 Å². The highest BCUT2D eigenvalue weighted by Gasteiger charge is 2.28. The Balaban J connectivity index is 2.27. The van der Waals surface area contributed by atoms with E-state index in [1.165, 1.54) is 6.07 Å². The minimum Gasteiger partial charge on any atom is -0.329 e. The van der Waals surface area contributed by atoms with Gasteiger partial charge in [-0.05, 0) is 44.1 Å². The van der Waals surface area contributed by atoms with Gasteiger partial charge in [0.1, 0.15) is 5.82 Å². The molecule has 1 aromatic carbocycles. The third-order valence-electron chi connectivity index (χ3n) is 4.37. The molecule has 0 amide bonds. The maximum absolute atomic E-state index is 13.4. The van der Waals surface area contributed by atoms with Crippen LogP contribution in [0.2, 0.25) is 5.02 Å². The van der Waals surface area contributed by atoms with Crippen molar-refractivity contribution >= 4 is 11.6 Å². The highest BCUT2D eigenvalue weighted by molar-refractivity contribution is 6.30. The van der Waals surface area contributed by atoms with Gasteiger partial charge < -0.3 is 10.6 Å². The summed E-state index contributed by atoms with van der Waals surface area (Å²) in [4.78, 5) is 4.84. The molecule has 118 valence electrons. The average Bonchev–Trinajstić information content (AvgIpc) is 2.65. The van der Waals surface area contributed by atoms with E-state index in [-0.39, 0.29) is 16.9 Å². The van der Waals surface area contributed by atoms with Gasteiger partial charge in [0.2, 0.25) is 0 Å². The molecule has 0 bridgehead atoms. The molecule has 1 aliphatic heterocycles. The monoisotopic (exact) mass is 313 g/mol. The Morgan fingerprint density at radius 2 is 2.19 bits per heavy atom. The molecule has 0 aromatic heterocycles. The zero-order valence-electron chi connectivity index (χ0n) is 12.9. The number of likely N-dealkylation sites (N-methyl/N-ethyl adjacent to an activating group) is 1. The summed E-state index contributed by atoms with van der Waals surface area (Å²) in [6, 6.07) is 5.52. The van der Waals surface area contributed by atoms with E-state index in [1.54, 1.807) is 12.1 Å². The smallest absolute Gasteiger partial charge is 0.141 e. The number of nitrogens with zero attached hydrogens (tertiary/aromatic N) is 2. The van der Waals surface area contributed by atoms with Gasteiger partial charge in [-0.3, -0.25) is 4.90 Å². The third kappa shape index (κ3) is 3.95. The second-order valence-electron chi connectivity index (χ2n) is 5.84. The van der Waals surface area contributed by atoms with Gasteiger partial charge in [-0.25, -0.2) is 4.39 Å². The summed E-state index contributed by atoms with van der Waals surface area (Å²) in [6.45, 7) is 5.89. The van der Waals surface area contributed by atoms with E-state index in [2.05, 4.69) is 23.8 Å². The Morgan fingerprint density at radius 3 is 2.81 bits per heavy atom. The lowest BCUT2D eigenvalue weighted by atomic mass is 10.0. The zero-order valence-corrected chi connectivity index (χ0v) is 13.6. The van der Waals surface area contributed by atoms with Crippen molar-refractivity contribution in [2.75, 3.05) is 33.2 Å². The molecule has 1 aliphatic rings. The van der Waals surface area contributed by atoms with E-state index >= 15 is 0 Å². The molecule has 1 saturated heterocycles. The summed E-state index contributed by atoms with van der Waals surface area (Å²) in [5.74, 6) is -0.376. The van der Waals surface area contributed by atoms with Crippen molar-refractivity contribution in [3.8, 4) is 0 Å². The summed E-state index contributed by atoms with van der Waals surface area (Å²) < 4.78 is 13.4. The van der Waals surface area contributed by atoms with E-state index in [4.69, 9.17) is 17.3 Å². The quantitative estimate of drug-likeness (QED) is 0.927. The zero-order chi connectivity index (χ0) is 15.4. The van der Waals surface area contributed by atoms with Gasteiger partial charge in [0, 0.05) is 31.7 Å². The van der Waals surface area contributed by atoms with Crippen LogP contribution >= 0.6 is 11.6 Å². The number of hydrogen-bond donors (Lipinski definition) is 1. The number of halogens is 2. The van der Waals surface area contributed by atoms with Gasteiger partial charge in [0.15, 0.2) is 0 Å². The summed E-state index contributed by atoms with van der Waals surface area (Å²) in [5, 5.41) is 0.172. The normalized spacial score (nSPS) is 23.0. The van der Waals surface area contributed by atoms with E-state index < -0.39 is 0 Å². The highest BCUT2D eigenvalue weighted by Crippen LogP contribution is 2.28. The lowest BCUT2D eigenvalue weighted by Crippen LogP contribution is -2.44. The van der Waals surface area contributed by atoms with E-state index in [0.717, 1.165) is 38.0 Å². The van der Waals surface area contributed by atoms with Crippen LogP contribution in [0.5, 0.6) is 0 Å². The van der Waals surface area contributed by atoms with Crippen molar-refractivity contribution in [1.82, 2.24) is 9.80 Å². The molecule has 3 nitrogen and oxygen atoms in total. The Kier molecular flexibility index (Phi) is 5.99. The summed E-state index contributed by atoms with van der Waals surface area (Å²) in [7, 11) is 2.17. The fraction of sp³-hybridized carbons (Fsp3) is 0.625. The molecule has 2 unspecified atom stereocenters. The molecule has 5 heteroatoms. The molecule has 2 rings (SSSR count). The lowest BCUT2D eigenvalue weighted by Gasteiger charge is -2.37. The van der Waals surface area contributed by atoms with Crippen LogP contribution in [0.3, 0.4) is 0 Å². The molecule has 1 heterocycles. The van der Waals surface area contributed by atoms with Crippen LogP contribution in [0.1, 0.15) is 31.4 Å². The van der Waals surface area contributed by atoms with Crippen LogP contribution in [-0.2, 0) is 0 Å². The van der Waals surface area contributed by atoms with Crippen molar-refractivity contribution in [2.45, 2.75) is 31.8 Å². The number of benzene rings is 1. The van der Waals surface area contributed by atoms with Gasteiger partial charge in [-0.15, -0.1) is 0 Å². The summed E-state index contributed by atoms with van der Waals surface area (Å²) >= 11 is 5.94. The predicted molar refractivity (Wildman–Crippen MR) is 86.1 cm³/mol. The second kappa shape index (κ2) is 7.54. The first-order valence-electron chi connectivity index (χ1n) is 7.66. The molecule has 1 aromatic rings. The molecule has 1 fully saturated rings. The van der Waals surface area contributed by atoms with Crippen LogP contribution in [0.25, 0.3) is 0 Å². The molecule has 0 saturated carbocycles. The van der Waals surface area contributed by atoms with Crippen molar-refractivity contribution in [3.05, 3.63) is 34.6 Å². The molecule has 0 radical (unpaired) electrons. The van der Waals surface area contributed by atoms with E-state index in [1.807, 2.05) is 0 Å². The lowest BCUT2D eigenvalue weighted by molar-refractivity contribution is 0.131. The fourth-order valence-electron chi connectivity index (χ4n) is 3.22. The minimum absolute atomic E-state index is 0.0968. The van der Waals surface area contributed by atoms with Crippen LogP contribution in [0.4, 0.5) is 4.39 Å². The van der Waals surface area contributed by atoms with Gasteiger partial charge in [0.05, 0.1) is 5.02 Å². The maximum atomic E-state index is 13.4. The van der Waals surface area contributed by atoms with Gasteiger partial charge in [-0.1, -0.05) is 24.6 Å². The molecule has 21 heavy (non-hydrogen) atoms. The van der Waals surface area contributed by atoms with Gasteiger partial charge in [0.25, 0.3) is 0 Å². The molecular formula is C16H25ClFN3. The fourth-order valence-corrected chi connectivity index (χ4v) is 3.41. The van der Waals surface area contributed by atoms with Crippen LogP contribution < -0.4 is 5.73 Å². The summed E-state index contributed by atoms with van der Waals surface area (Å²) in [5.41, 5.74) is 7.04. The Labute approximate surface area is 131 Å². The van der Waals surface area contributed by atoms with Crippen molar-refractivity contribution in [1.29, 1.82) is 0 Å². The third-order valence-corrected chi connectivity index (χ3v) is 4.66. The Hall–Kier alpha value is -0.680.